The topological polar surface area (TPSA) is 27.0 Å². The molecule has 1 aromatic carbocycles. The molecule has 0 atom stereocenters. The molecule has 0 aliphatic rings. The molecule has 0 aliphatic heterocycles. The van der Waals surface area contributed by atoms with Crippen molar-refractivity contribution in [1.29, 1.82) is 5.26 Å². The van der Waals surface area contributed by atoms with E-state index in [1.165, 1.54) is 0 Å². The summed E-state index contributed by atoms with van der Waals surface area (Å²) in [7, 11) is 3.75. The molecule has 0 bridgehead atoms. The zero-order valence-electron chi connectivity index (χ0n) is 8.16. The highest BCUT2D eigenvalue weighted by molar-refractivity contribution is 6.30. The molecule has 0 fully saturated rings. The average molecular weight is 207 g/mol. The predicted molar refractivity (Wildman–Crippen MR) is 58.7 cm³/mol. The molecule has 0 unspecified atom stereocenters. The third-order valence-corrected chi connectivity index (χ3v) is 1.88. The van der Waals surface area contributed by atoms with Gasteiger partial charge in [0.1, 0.15) is 6.07 Å². The smallest absolute Gasteiger partial charge is 0.101 e. The molecule has 0 aromatic heterocycles. The first kappa shape index (κ1) is 10.6. The van der Waals surface area contributed by atoms with Crippen LogP contribution in [0, 0.1) is 11.3 Å². The monoisotopic (exact) mass is 206 g/mol. The van der Waals surface area contributed by atoms with E-state index < -0.39 is 0 Å². The number of hydrogen-bond acceptors (Lipinski definition) is 2. The molecule has 0 amide bonds. The lowest BCUT2D eigenvalue weighted by atomic mass is 10.1. The molecule has 1 rings (SSSR count). The number of halogens is 1. The number of nitriles is 1. The maximum Gasteiger partial charge on any atom is 0.101 e. The first-order valence-electron chi connectivity index (χ1n) is 4.18. The normalized spacial score (nSPS) is 10.9. The zero-order chi connectivity index (χ0) is 10.6. The van der Waals surface area contributed by atoms with E-state index >= 15 is 0 Å². The van der Waals surface area contributed by atoms with Gasteiger partial charge >= 0.3 is 0 Å². The number of allylic oxidation sites excluding steroid dienone is 1. The molecule has 0 heterocycles. The van der Waals surface area contributed by atoms with Crippen molar-refractivity contribution in [3.63, 3.8) is 0 Å². The molecule has 0 radical (unpaired) electrons. The third kappa shape index (κ3) is 2.79. The number of benzene rings is 1. The molecule has 14 heavy (non-hydrogen) atoms. The van der Waals surface area contributed by atoms with Crippen LogP contribution in [0.2, 0.25) is 5.02 Å². The number of nitrogens with zero attached hydrogens (tertiary/aromatic N) is 2. The molecule has 0 aliphatic carbocycles. The summed E-state index contributed by atoms with van der Waals surface area (Å²) in [5, 5.41) is 9.57. The van der Waals surface area contributed by atoms with Crippen molar-refractivity contribution in [2.75, 3.05) is 14.1 Å². The largest absolute Gasteiger partial charge is 0.382 e. The summed E-state index contributed by atoms with van der Waals surface area (Å²) in [6.07, 6.45) is 1.77. The summed E-state index contributed by atoms with van der Waals surface area (Å²) >= 11 is 5.83. The Kier molecular flexibility index (Phi) is 3.55. The molecule has 0 saturated heterocycles. The standard InChI is InChI=1S/C11H11ClN2/c1-14(2)8-10(7-13)9-4-3-5-11(12)6-9/h3-6,8H,1-2H3/b10-8+. The fraction of sp³-hybridized carbons (Fsp3) is 0.182. The molecule has 0 N–H and O–H groups in total. The van der Waals surface area contributed by atoms with Crippen LogP contribution in [0.15, 0.2) is 30.5 Å². The SMILES string of the molecule is CN(C)/C=C(\C#N)c1cccc(Cl)c1. The van der Waals surface area contributed by atoms with Gasteiger partial charge in [-0.1, -0.05) is 23.7 Å². The average Bonchev–Trinajstić information content (AvgIpc) is 2.14. The van der Waals surface area contributed by atoms with Crippen LogP contribution in [0.1, 0.15) is 5.56 Å². The Balaban J connectivity index is 3.09. The van der Waals surface area contributed by atoms with Gasteiger partial charge in [-0.25, -0.2) is 0 Å². The van der Waals surface area contributed by atoms with Gasteiger partial charge in [0.2, 0.25) is 0 Å². The maximum absolute atomic E-state index is 8.93. The van der Waals surface area contributed by atoms with Crippen molar-refractivity contribution in [2.45, 2.75) is 0 Å². The van der Waals surface area contributed by atoms with Crippen LogP contribution >= 0.6 is 11.6 Å². The third-order valence-electron chi connectivity index (χ3n) is 1.64. The lowest BCUT2D eigenvalue weighted by molar-refractivity contribution is 0.566. The van der Waals surface area contributed by atoms with Crippen LogP contribution in [-0.4, -0.2) is 19.0 Å². The number of rotatable bonds is 2. The lowest BCUT2D eigenvalue weighted by Crippen LogP contribution is -2.02. The summed E-state index contributed by atoms with van der Waals surface area (Å²) in [5.74, 6) is 0. The predicted octanol–water partition coefficient (Wildman–Crippen LogP) is 2.77. The minimum absolute atomic E-state index is 0.609. The van der Waals surface area contributed by atoms with Crippen LogP contribution in [0.5, 0.6) is 0 Å². The molecule has 72 valence electrons. The first-order chi connectivity index (χ1) is 6.63. The fourth-order valence-electron chi connectivity index (χ4n) is 1.08. The van der Waals surface area contributed by atoms with Crippen molar-refractivity contribution >= 4 is 17.2 Å². The second-order valence-corrected chi connectivity index (χ2v) is 3.56. The second kappa shape index (κ2) is 4.69. The Morgan fingerprint density at radius 1 is 1.50 bits per heavy atom. The van der Waals surface area contributed by atoms with Crippen molar-refractivity contribution in [2.24, 2.45) is 0 Å². The summed E-state index contributed by atoms with van der Waals surface area (Å²) in [6.45, 7) is 0. The molecule has 3 heteroatoms. The van der Waals surface area contributed by atoms with Crippen LogP contribution in [0.4, 0.5) is 0 Å². The molecule has 0 saturated carbocycles. The summed E-state index contributed by atoms with van der Waals surface area (Å²) in [5.41, 5.74) is 1.45. The number of hydrogen-bond donors (Lipinski definition) is 0. The Bertz CT molecular complexity index is 389. The van der Waals surface area contributed by atoms with E-state index in [4.69, 9.17) is 16.9 Å². The van der Waals surface area contributed by atoms with Crippen LogP contribution < -0.4 is 0 Å². The van der Waals surface area contributed by atoms with Crippen molar-refractivity contribution in [3.8, 4) is 6.07 Å². The van der Waals surface area contributed by atoms with E-state index in [-0.39, 0.29) is 0 Å². The minimum Gasteiger partial charge on any atom is -0.382 e. The highest BCUT2D eigenvalue weighted by atomic mass is 35.5. The van der Waals surface area contributed by atoms with Crippen molar-refractivity contribution in [3.05, 3.63) is 41.1 Å². The molecule has 1 aromatic rings. The molecule has 2 nitrogen and oxygen atoms in total. The molecular formula is C11H11ClN2. The summed E-state index contributed by atoms with van der Waals surface area (Å²) in [4.78, 5) is 1.83. The molecule has 0 spiro atoms. The van der Waals surface area contributed by atoms with Crippen molar-refractivity contribution < 1.29 is 0 Å². The van der Waals surface area contributed by atoms with Gasteiger partial charge in [0, 0.05) is 25.3 Å². The minimum atomic E-state index is 0.609. The maximum atomic E-state index is 8.93. The Morgan fingerprint density at radius 2 is 2.21 bits per heavy atom. The van der Waals surface area contributed by atoms with Crippen molar-refractivity contribution in [1.82, 2.24) is 4.90 Å². The Hall–Kier alpha value is -1.46. The summed E-state index contributed by atoms with van der Waals surface area (Å²) in [6, 6.07) is 9.40. The highest BCUT2D eigenvalue weighted by Gasteiger charge is 2.00. The first-order valence-corrected chi connectivity index (χ1v) is 4.55. The van der Waals surface area contributed by atoms with Gasteiger partial charge in [-0.3, -0.25) is 0 Å². The fourth-order valence-corrected chi connectivity index (χ4v) is 1.27. The quantitative estimate of drug-likeness (QED) is 0.696. The van der Waals surface area contributed by atoms with Crippen LogP contribution in [-0.2, 0) is 0 Å². The van der Waals surface area contributed by atoms with Gasteiger partial charge in [0.15, 0.2) is 0 Å². The van der Waals surface area contributed by atoms with E-state index in [1.807, 2.05) is 31.1 Å². The molecular weight excluding hydrogens is 196 g/mol. The van der Waals surface area contributed by atoms with E-state index in [0.717, 1.165) is 5.56 Å². The zero-order valence-corrected chi connectivity index (χ0v) is 8.92. The Morgan fingerprint density at radius 3 is 2.71 bits per heavy atom. The highest BCUT2D eigenvalue weighted by Crippen LogP contribution is 2.18. The van der Waals surface area contributed by atoms with E-state index in [1.54, 1.807) is 18.3 Å². The van der Waals surface area contributed by atoms with Gasteiger partial charge in [-0.2, -0.15) is 5.26 Å². The lowest BCUT2D eigenvalue weighted by Gasteiger charge is -2.06. The second-order valence-electron chi connectivity index (χ2n) is 3.13. The van der Waals surface area contributed by atoms with Gasteiger partial charge in [-0.05, 0) is 17.7 Å². The van der Waals surface area contributed by atoms with Gasteiger partial charge < -0.3 is 4.90 Å². The van der Waals surface area contributed by atoms with Gasteiger partial charge in [0.25, 0.3) is 0 Å². The summed E-state index contributed by atoms with van der Waals surface area (Å²) < 4.78 is 0. The van der Waals surface area contributed by atoms with E-state index in [0.29, 0.717) is 10.6 Å². The van der Waals surface area contributed by atoms with Gasteiger partial charge in [0.05, 0.1) is 5.57 Å². The van der Waals surface area contributed by atoms with E-state index in [2.05, 4.69) is 6.07 Å². The Labute approximate surface area is 89.0 Å². The van der Waals surface area contributed by atoms with Gasteiger partial charge in [-0.15, -0.1) is 0 Å². The van der Waals surface area contributed by atoms with Crippen LogP contribution in [0.3, 0.4) is 0 Å². The van der Waals surface area contributed by atoms with E-state index in [9.17, 15) is 0 Å². The van der Waals surface area contributed by atoms with Crippen LogP contribution in [0.25, 0.3) is 5.57 Å².